The minimum atomic E-state index is 0.174. The number of ether oxygens (including phenoxy) is 1. The summed E-state index contributed by atoms with van der Waals surface area (Å²) in [5.74, 6) is 0.932. The molecule has 0 amide bonds. The maximum Gasteiger partial charge on any atom is 0.170 e. The van der Waals surface area contributed by atoms with Gasteiger partial charge < -0.3 is 9.64 Å². The van der Waals surface area contributed by atoms with E-state index in [-0.39, 0.29) is 12.4 Å². The summed E-state index contributed by atoms with van der Waals surface area (Å²) in [6.45, 7) is 1.22. The number of hydrogen-bond donors (Lipinski definition) is 0. The lowest BCUT2D eigenvalue weighted by Gasteiger charge is -2.08. The highest BCUT2D eigenvalue weighted by Gasteiger charge is 2.03. The molecule has 0 aromatic heterocycles. The molecule has 0 spiro atoms. The molecule has 0 saturated heterocycles. The van der Waals surface area contributed by atoms with E-state index in [1.54, 1.807) is 0 Å². The van der Waals surface area contributed by atoms with Crippen molar-refractivity contribution < 1.29 is 9.53 Å². The van der Waals surface area contributed by atoms with Crippen LogP contribution >= 0.6 is 0 Å². The zero-order chi connectivity index (χ0) is 12.5. The molecule has 17 heavy (non-hydrogen) atoms. The third-order valence-electron chi connectivity index (χ3n) is 2.45. The van der Waals surface area contributed by atoms with E-state index in [4.69, 9.17) is 4.74 Å². The Hall–Kier alpha value is -1.35. The summed E-state index contributed by atoms with van der Waals surface area (Å²) in [5.41, 5.74) is 0. The van der Waals surface area contributed by atoms with E-state index in [9.17, 15) is 4.79 Å². The molecule has 0 bridgehead atoms. The van der Waals surface area contributed by atoms with Crippen molar-refractivity contribution in [3.63, 3.8) is 0 Å². The zero-order valence-electron chi connectivity index (χ0n) is 10.7. The second kappa shape index (κ2) is 7.85. The molecule has 0 N–H and O–H groups in total. The fraction of sp³-hybridized carbons (Fsp3) is 0.500. The molecule has 94 valence electrons. The van der Waals surface area contributed by atoms with E-state index in [2.05, 4.69) is 4.90 Å². The number of ketones is 1. The Morgan fingerprint density at radius 2 is 1.88 bits per heavy atom. The standard InChI is InChI=1S/C14H21NO2/c1-15(2)11-7-6-8-13(16)12-17-14-9-4-3-5-10-14/h3-5,9-10H,6-8,11-12H2,1-2H3. The molecule has 0 aliphatic rings. The number of hydrogen-bond acceptors (Lipinski definition) is 3. The fourth-order valence-electron chi connectivity index (χ4n) is 1.50. The lowest BCUT2D eigenvalue weighted by Crippen LogP contribution is -2.14. The largest absolute Gasteiger partial charge is 0.486 e. The van der Waals surface area contributed by atoms with Crippen molar-refractivity contribution in [2.75, 3.05) is 27.2 Å². The highest BCUT2D eigenvalue weighted by molar-refractivity contribution is 5.79. The first-order valence-corrected chi connectivity index (χ1v) is 6.03. The molecular formula is C14H21NO2. The van der Waals surface area contributed by atoms with Crippen LogP contribution in [0.15, 0.2) is 30.3 Å². The average molecular weight is 235 g/mol. The predicted octanol–water partition coefficient (Wildman–Crippen LogP) is 2.37. The Bertz CT molecular complexity index is 322. The lowest BCUT2D eigenvalue weighted by molar-refractivity contribution is -0.121. The van der Waals surface area contributed by atoms with Crippen molar-refractivity contribution in [2.24, 2.45) is 0 Å². The van der Waals surface area contributed by atoms with Gasteiger partial charge in [0.25, 0.3) is 0 Å². The molecule has 1 aromatic rings. The van der Waals surface area contributed by atoms with Crippen LogP contribution in [0, 0.1) is 0 Å². The third kappa shape index (κ3) is 6.74. The fourth-order valence-corrected chi connectivity index (χ4v) is 1.50. The summed E-state index contributed by atoms with van der Waals surface area (Å²) in [6, 6.07) is 9.45. The second-order valence-electron chi connectivity index (χ2n) is 4.40. The van der Waals surface area contributed by atoms with Crippen LogP contribution in [0.2, 0.25) is 0 Å². The van der Waals surface area contributed by atoms with Crippen LogP contribution in [0.3, 0.4) is 0 Å². The molecule has 0 heterocycles. The molecule has 0 unspecified atom stereocenters. The van der Waals surface area contributed by atoms with Gasteiger partial charge in [-0.1, -0.05) is 18.2 Å². The smallest absolute Gasteiger partial charge is 0.170 e. The van der Waals surface area contributed by atoms with Gasteiger partial charge in [-0.25, -0.2) is 0 Å². The van der Waals surface area contributed by atoms with Crippen molar-refractivity contribution in [1.29, 1.82) is 0 Å². The van der Waals surface area contributed by atoms with E-state index in [0.29, 0.717) is 6.42 Å². The first-order chi connectivity index (χ1) is 8.18. The van der Waals surface area contributed by atoms with E-state index in [0.717, 1.165) is 25.1 Å². The second-order valence-corrected chi connectivity index (χ2v) is 4.40. The molecule has 0 fully saturated rings. The molecule has 3 nitrogen and oxygen atoms in total. The van der Waals surface area contributed by atoms with Gasteiger partial charge in [0, 0.05) is 6.42 Å². The van der Waals surface area contributed by atoms with Gasteiger partial charge in [0.05, 0.1) is 0 Å². The van der Waals surface area contributed by atoms with E-state index >= 15 is 0 Å². The maximum atomic E-state index is 11.5. The van der Waals surface area contributed by atoms with Crippen LogP contribution in [0.25, 0.3) is 0 Å². The zero-order valence-corrected chi connectivity index (χ0v) is 10.7. The highest BCUT2D eigenvalue weighted by Crippen LogP contribution is 2.08. The van der Waals surface area contributed by atoms with E-state index < -0.39 is 0 Å². The minimum absolute atomic E-state index is 0.174. The Labute approximate surface area is 103 Å². The normalized spacial score (nSPS) is 10.5. The predicted molar refractivity (Wildman–Crippen MR) is 69.3 cm³/mol. The van der Waals surface area contributed by atoms with Crippen LogP contribution in [-0.4, -0.2) is 37.9 Å². The molecule has 0 aliphatic heterocycles. The van der Waals surface area contributed by atoms with Gasteiger partial charge in [0.1, 0.15) is 12.4 Å². The highest BCUT2D eigenvalue weighted by atomic mass is 16.5. The quantitative estimate of drug-likeness (QED) is 0.648. The Morgan fingerprint density at radius 3 is 2.53 bits per heavy atom. The molecule has 0 aliphatic carbocycles. The van der Waals surface area contributed by atoms with Gasteiger partial charge in [-0.3, -0.25) is 4.79 Å². The Morgan fingerprint density at radius 1 is 1.18 bits per heavy atom. The monoisotopic (exact) mass is 235 g/mol. The summed E-state index contributed by atoms with van der Waals surface area (Å²) in [5, 5.41) is 0. The molecule has 3 heteroatoms. The van der Waals surface area contributed by atoms with E-state index in [1.165, 1.54) is 0 Å². The van der Waals surface area contributed by atoms with Crippen molar-refractivity contribution in [3.8, 4) is 5.75 Å². The number of nitrogens with zero attached hydrogens (tertiary/aromatic N) is 1. The van der Waals surface area contributed by atoms with Crippen molar-refractivity contribution >= 4 is 5.78 Å². The minimum Gasteiger partial charge on any atom is -0.486 e. The summed E-state index contributed by atoms with van der Waals surface area (Å²) in [6.07, 6.45) is 2.61. The van der Waals surface area contributed by atoms with Crippen LogP contribution in [0.1, 0.15) is 19.3 Å². The molecule has 0 atom stereocenters. The van der Waals surface area contributed by atoms with E-state index in [1.807, 2.05) is 44.4 Å². The van der Waals surface area contributed by atoms with Crippen LogP contribution in [0.4, 0.5) is 0 Å². The summed E-state index contributed by atoms with van der Waals surface area (Å²) in [7, 11) is 4.08. The molecule has 0 saturated carbocycles. The topological polar surface area (TPSA) is 29.5 Å². The van der Waals surface area contributed by atoms with Crippen LogP contribution < -0.4 is 4.74 Å². The molecule has 0 radical (unpaired) electrons. The number of benzene rings is 1. The van der Waals surface area contributed by atoms with Gasteiger partial charge >= 0.3 is 0 Å². The lowest BCUT2D eigenvalue weighted by atomic mass is 10.2. The van der Waals surface area contributed by atoms with Gasteiger partial charge in [-0.2, -0.15) is 0 Å². The summed E-state index contributed by atoms with van der Waals surface area (Å²) in [4.78, 5) is 13.7. The molecular weight excluding hydrogens is 214 g/mol. The Kier molecular flexibility index (Phi) is 6.33. The SMILES string of the molecule is CN(C)CCCCC(=O)COc1ccccc1. The van der Waals surface area contributed by atoms with Gasteiger partial charge in [-0.15, -0.1) is 0 Å². The van der Waals surface area contributed by atoms with Crippen molar-refractivity contribution in [2.45, 2.75) is 19.3 Å². The maximum absolute atomic E-state index is 11.5. The van der Waals surface area contributed by atoms with Crippen LogP contribution in [0.5, 0.6) is 5.75 Å². The van der Waals surface area contributed by atoms with Crippen molar-refractivity contribution in [1.82, 2.24) is 4.90 Å². The van der Waals surface area contributed by atoms with Crippen LogP contribution in [-0.2, 0) is 4.79 Å². The molecule has 1 rings (SSSR count). The number of rotatable bonds is 8. The number of unbranched alkanes of at least 4 members (excludes halogenated alkanes) is 1. The number of carbonyl (C=O) groups excluding carboxylic acids is 1. The van der Waals surface area contributed by atoms with Crippen molar-refractivity contribution in [3.05, 3.63) is 30.3 Å². The van der Waals surface area contributed by atoms with Gasteiger partial charge in [0.2, 0.25) is 0 Å². The van der Waals surface area contributed by atoms with Gasteiger partial charge in [-0.05, 0) is 45.6 Å². The third-order valence-corrected chi connectivity index (χ3v) is 2.45. The van der Waals surface area contributed by atoms with Gasteiger partial charge in [0.15, 0.2) is 5.78 Å². The number of para-hydroxylation sites is 1. The first-order valence-electron chi connectivity index (χ1n) is 6.03. The Balaban J connectivity index is 2.09. The number of carbonyl (C=O) groups is 1. The number of Topliss-reactive ketones (excluding diaryl/α,β-unsaturated/α-hetero) is 1. The average Bonchev–Trinajstić information content (AvgIpc) is 2.33. The first kappa shape index (κ1) is 13.7. The summed E-state index contributed by atoms with van der Waals surface area (Å²) >= 11 is 0. The summed E-state index contributed by atoms with van der Waals surface area (Å²) < 4.78 is 5.39. The molecule has 1 aromatic carbocycles.